The molecule has 0 fully saturated rings. The van der Waals surface area contributed by atoms with E-state index in [1.165, 1.54) is 0 Å². The maximum atomic E-state index is 12.0. The van der Waals surface area contributed by atoms with Gasteiger partial charge in [-0.05, 0) is 24.1 Å². The Morgan fingerprint density at radius 2 is 2.00 bits per heavy atom. The van der Waals surface area contributed by atoms with Gasteiger partial charge in [0.15, 0.2) is 0 Å². The van der Waals surface area contributed by atoms with Gasteiger partial charge in [0, 0.05) is 30.8 Å². The normalized spacial score (nSPS) is 14.6. The van der Waals surface area contributed by atoms with Gasteiger partial charge in [0.05, 0.1) is 0 Å². The van der Waals surface area contributed by atoms with Gasteiger partial charge in [-0.2, -0.15) is 0 Å². The Hall–Kier alpha value is -2.30. The maximum Gasteiger partial charge on any atom is 0.303 e. The molecule has 2 rings (SSSR count). The number of carboxylic acid groups (broad SMARTS) is 1. The summed E-state index contributed by atoms with van der Waals surface area (Å²) < 4.78 is 0. The highest BCUT2D eigenvalue weighted by atomic mass is 16.4. The molecule has 0 spiro atoms. The Bertz CT molecular complexity index is 520. The van der Waals surface area contributed by atoms with E-state index >= 15 is 0 Å². The first-order chi connectivity index (χ1) is 9.06. The van der Waals surface area contributed by atoms with Crippen molar-refractivity contribution in [3.05, 3.63) is 41.5 Å². The average molecular weight is 260 g/mol. The van der Waals surface area contributed by atoms with Crippen molar-refractivity contribution in [1.82, 2.24) is 4.90 Å². The maximum absolute atomic E-state index is 12.0. The van der Waals surface area contributed by atoms with Gasteiger partial charge in [-0.3, -0.25) is 9.59 Å². The molecule has 0 atom stereocenters. The zero-order valence-corrected chi connectivity index (χ0v) is 10.5. The van der Waals surface area contributed by atoms with Crippen LogP contribution in [-0.2, 0) is 16.1 Å². The van der Waals surface area contributed by atoms with Crippen molar-refractivity contribution >= 4 is 17.6 Å². The van der Waals surface area contributed by atoms with Crippen molar-refractivity contribution in [2.24, 2.45) is 0 Å². The third kappa shape index (κ3) is 3.34. The number of benzene rings is 1. The number of carboxylic acids is 1. The Morgan fingerprint density at radius 3 is 2.63 bits per heavy atom. The molecule has 0 bridgehead atoms. The minimum Gasteiger partial charge on any atom is -0.481 e. The van der Waals surface area contributed by atoms with E-state index in [-0.39, 0.29) is 12.3 Å². The first-order valence-corrected chi connectivity index (χ1v) is 6.11. The summed E-state index contributed by atoms with van der Waals surface area (Å²) in [5.41, 5.74) is 7.90. The van der Waals surface area contributed by atoms with E-state index in [1.54, 1.807) is 17.0 Å². The van der Waals surface area contributed by atoms with Gasteiger partial charge in [-0.25, -0.2) is 0 Å². The van der Waals surface area contributed by atoms with E-state index in [0.717, 1.165) is 5.56 Å². The van der Waals surface area contributed by atoms with Crippen LogP contribution in [0.15, 0.2) is 35.9 Å². The van der Waals surface area contributed by atoms with Gasteiger partial charge in [0.2, 0.25) is 5.91 Å². The van der Waals surface area contributed by atoms with Crippen LogP contribution < -0.4 is 5.73 Å². The highest BCUT2D eigenvalue weighted by Gasteiger charge is 2.23. The van der Waals surface area contributed by atoms with E-state index in [1.807, 2.05) is 18.2 Å². The van der Waals surface area contributed by atoms with Gasteiger partial charge in [0.1, 0.15) is 0 Å². The molecule has 1 heterocycles. The zero-order chi connectivity index (χ0) is 13.8. The molecule has 3 N–H and O–H groups in total. The highest BCUT2D eigenvalue weighted by Crippen LogP contribution is 2.19. The first-order valence-electron chi connectivity index (χ1n) is 6.11. The lowest BCUT2D eigenvalue weighted by molar-refractivity contribution is -0.136. The van der Waals surface area contributed by atoms with E-state index in [4.69, 9.17) is 10.8 Å². The molecule has 5 heteroatoms. The SMILES string of the molecule is Nc1ccc(CN2CC=C(CCC(=O)O)C2=O)cc1. The lowest BCUT2D eigenvalue weighted by atomic mass is 10.1. The van der Waals surface area contributed by atoms with Crippen molar-refractivity contribution in [3.8, 4) is 0 Å². The van der Waals surface area contributed by atoms with Crippen LogP contribution in [0.25, 0.3) is 0 Å². The minimum absolute atomic E-state index is 0.00666. The Kier molecular flexibility index (Phi) is 3.85. The highest BCUT2D eigenvalue weighted by molar-refractivity contribution is 5.96. The predicted molar refractivity (Wildman–Crippen MR) is 71.2 cm³/mol. The molecule has 0 radical (unpaired) electrons. The summed E-state index contributed by atoms with van der Waals surface area (Å²) in [7, 11) is 0. The fraction of sp³-hybridized carbons (Fsp3) is 0.286. The van der Waals surface area contributed by atoms with Crippen LogP contribution in [-0.4, -0.2) is 28.4 Å². The molecule has 1 aromatic rings. The molecule has 19 heavy (non-hydrogen) atoms. The van der Waals surface area contributed by atoms with Crippen molar-refractivity contribution in [2.45, 2.75) is 19.4 Å². The van der Waals surface area contributed by atoms with Gasteiger partial charge in [-0.15, -0.1) is 0 Å². The van der Waals surface area contributed by atoms with Crippen molar-refractivity contribution in [3.63, 3.8) is 0 Å². The van der Waals surface area contributed by atoms with Gasteiger partial charge >= 0.3 is 5.97 Å². The minimum atomic E-state index is -0.884. The quantitative estimate of drug-likeness (QED) is 0.784. The number of hydrogen-bond donors (Lipinski definition) is 2. The number of carbonyl (C=O) groups is 2. The number of nitrogen functional groups attached to an aromatic ring is 1. The van der Waals surface area contributed by atoms with Crippen molar-refractivity contribution in [1.29, 1.82) is 0 Å². The zero-order valence-electron chi connectivity index (χ0n) is 10.5. The van der Waals surface area contributed by atoms with Crippen LogP contribution in [0.1, 0.15) is 18.4 Å². The summed E-state index contributed by atoms with van der Waals surface area (Å²) in [5.74, 6) is -0.955. The third-order valence-electron chi connectivity index (χ3n) is 3.08. The number of aliphatic carboxylic acids is 1. The fourth-order valence-electron chi connectivity index (χ4n) is 2.02. The smallest absolute Gasteiger partial charge is 0.303 e. The van der Waals surface area contributed by atoms with Crippen LogP contribution >= 0.6 is 0 Å². The molecule has 1 aliphatic rings. The van der Waals surface area contributed by atoms with E-state index in [2.05, 4.69) is 0 Å². The average Bonchev–Trinajstić information content (AvgIpc) is 2.71. The van der Waals surface area contributed by atoms with E-state index < -0.39 is 5.97 Å². The standard InChI is InChI=1S/C14H16N2O3/c15-12-4-1-10(2-5-12)9-16-8-7-11(14(16)19)3-6-13(17)18/h1-2,4-5,7H,3,6,8-9,15H2,(H,17,18). The molecule has 1 aromatic carbocycles. The number of rotatable bonds is 5. The molecular weight excluding hydrogens is 244 g/mol. The Labute approximate surface area is 111 Å². The summed E-state index contributed by atoms with van der Waals surface area (Å²) in [5, 5.41) is 8.62. The number of carbonyl (C=O) groups excluding carboxylic acids is 1. The summed E-state index contributed by atoms with van der Waals surface area (Å²) in [6.07, 6.45) is 2.10. The summed E-state index contributed by atoms with van der Waals surface area (Å²) in [6, 6.07) is 7.37. The Morgan fingerprint density at radius 1 is 1.32 bits per heavy atom. The molecule has 0 unspecified atom stereocenters. The summed E-state index contributed by atoms with van der Waals surface area (Å²) >= 11 is 0. The molecule has 0 aliphatic carbocycles. The van der Waals surface area contributed by atoms with Crippen LogP contribution in [0, 0.1) is 0 Å². The third-order valence-corrected chi connectivity index (χ3v) is 3.08. The predicted octanol–water partition coefficient (Wildman–Crippen LogP) is 1.40. The first kappa shape index (κ1) is 13.1. The number of nitrogens with two attached hydrogens (primary N) is 1. The number of anilines is 1. The summed E-state index contributed by atoms with van der Waals surface area (Å²) in [4.78, 5) is 24.2. The molecule has 100 valence electrons. The Balaban J connectivity index is 1.93. The number of hydrogen-bond acceptors (Lipinski definition) is 3. The second-order valence-electron chi connectivity index (χ2n) is 4.55. The van der Waals surface area contributed by atoms with Crippen LogP contribution in [0.4, 0.5) is 5.69 Å². The van der Waals surface area contributed by atoms with Gasteiger partial charge in [0.25, 0.3) is 0 Å². The second kappa shape index (κ2) is 5.56. The summed E-state index contributed by atoms with van der Waals surface area (Å²) in [6.45, 7) is 1.06. The molecule has 0 saturated heterocycles. The molecule has 1 amide bonds. The molecule has 1 aliphatic heterocycles. The van der Waals surface area contributed by atoms with E-state index in [9.17, 15) is 9.59 Å². The largest absolute Gasteiger partial charge is 0.481 e. The topological polar surface area (TPSA) is 83.6 Å². The van der Waals surface area contributed by atoms with Crippen molar-refractivity contribution < 1.29 is 14.7 Å². The van der Waals surface area contributed by atoms with Gasteiger partial charge < -0.3 is 15.7 Å². The number of nitrogens with zero attached hydrogens (tertiary/aromatic N) is 1. The van der Waals surface area contributed by atoms with Crippen LogP contribution in [0.2, 0.25) is 0 Å². The number of amides is 1. The van der Waals surface area contributed by atoms with Gasteiger partial charge in [-0.1, -0.05) is 18.2 Å². The van der Waals surface area contributed by atoms with Crippen LogP contribution in [0.5, 0.6) is 0 Å². The molecular formula is C14H16N2O3. The van der Waals surface area contributed by atoms with Crippen LogP contribution in [0.3, 0.4) is 0 Å². The monoisotopic (exact) mass is 260 g/mol. The lowest BCUT2D eigenvalue weighted by Gasteiger charge is -2.16. The van der Waals surface area contributed by atoms with E-state index in [0.29, 0.717) is 30.8 Å². The molecule has 0 saturated carbocycles. The molecule has 0 aromatic heterocycles. The molecule has 5 nitrogen and oxygen atoms in total. The second-order valence-corrected chi connectivity index (χ2v) is 4.55. The van der Waals surface area contributed by atoms with Crippen molar-refractivity contribution in [2.75, 3.05) is 12.3 Å². The fourth-order valence-corrected chi connectivity index (χ4v) is 2.02. The lowest BCUT2D eigenvalue weighted by Crippen LogP contribution is -2.26.